The van der Waals surface area contributed by atoms with Crippen molar-refractivity contribution in [1.29, 1.82) is 0 Å². The lowest BCUT2D eigenvalue weighted by Crippen LogP contribution is -2.36. The molecule has 9 heteroatoms. The summed E-state index contributed by atoms with van der Waals surface area (Å²) >= 11 is 0. The molecule has 0 saturated carbocycles. The molecule has 39 heavy (non-hydrogen) atoms. The maximum atomic E-state index is 13.0. The Morgan fingerprint density at radius 1 is 0.795 bits per heavy atom. The number of alkyl halides is 5. The van der Waals surface area contributed by atoms with Gasteiger partial charge in [0.2, 0.25) is 0 Å². The highest BCUT2D eigenvalue weighted by Crippen LogP contribution is 2.39. The van der Waals surface area contributed by atoms with E-state index in [9.17, 15) is 31.3 Å². The Kier molecular flexibility index (Phi) is 10.7. The van der Waals surface area contributed by atoms with Crippen molar-refractivity contribution < 1.29 is 36.0 Å². The molecular weight excluding hydrogens is 535 g/mol. The number of benzene rings is 3. The molecule has 0 bridgehead atoms. The van der Waals surface area contributed by atoms with Crippen LogP contribution in [0.1, 0.15) is 49.3 Å². The van der Waals surface area contributed by atoms with E-state index in [2.05, 4.69) is 19.1 Å². The molecule has 0 saturated heterocycles. The smallest absolute Gasteiger partial charge is 0.453 e. The van der Waals surface area contributed by atoms with Crippen LogP contribution in [0.3, 0.4) is 0 Å². The molecule has 0 spiro atoms. The summed E-state index contributed by atoms with van der Waals surface area (Å²) in [6.07, 6.45) is -6.27. The van der Waals surface area contributed by atoms with Crippen molar-refractivity contribution in [3.63, 3.8) is 0 Å². The number of halogens is 5. The third-order valence-corrected chi connectivity index (χ3v) is 7.63. The van der Waals surface area contributed by atoms with Gasteiger partial charge in [0.05, 0.1) is 6.61 Å². The lowest BCUT2D eigenvalue weighted by Gasteiger charge is -2.19. The van der Waals surface area contributed by atoms with Gasteiger partial charge < -0.3 is 9.84 Å². The van der Waals surface area contributed by atoms with Crippen LogP contribution in [-0.2, 0) is 10.8 Å². The van der Waals surface area contributed by atoms with Crippen molar-refractivity contribution in [3.05, 3.63) is 95.6 Å². The summed E-state index contributed by atoms with van der Waals surface area (Å²) in [6.45, 7) is 2.32. The Labute approximate surface area is 227 Å². The Hall–Kier alpha value is -3.20. The third-order valence-electron chi connectivity index (χ3n) is 6.14. The summed E-state index contributed by atoms with van der Waals surface area (Å²) in [4.78, 5) is 0. The standard InChI is InChI=1S/C30H31F5O3S/c1-2-27(22-8-4-3-5-9-22)28(23-10-14-25(36)15-11-23)24-12-16-26(17-13-24)38-19-7-21-39(37)20-6-18-29(31,32)30(33,34)35/h3-5,8-17,36H,2,6-7,18-21H2,1H3/b28-27+. The highest BCUT2D eigenvalue weighted by molar-refractivity contribution is 7.84. The molecule has 0 aromatic heterocycles. The number of phenolic OH excluding ortho intramolecular Hbond substituents is 1. The first kappa shape index (κ1) is 30.3. The Morgan fingerprint density at radius 2 is 1.36 bits per heavy atom. The molecule has 0 heterocycles. The molecule has 0 aliphatic rings. The number of hydrogen-bond acceptors (Lipinski definition) is 3. The first-order valence-electron chi connectivity index (χ1n) is 12.6. The molecule has 1 atom stereocenters. The van der Waals surface area contributed by atoms with Crippen molar-refractivity contribution in [1.82, 2.24) is 0 Å². The molecule has 0 aliphatic heterocycles. The maximum absolute atomic E-state index is 13.0. The SMILES string of the molecule is CC/C(=C(/c1ccc(O)cc1)c1ccc(OCCCS(=O)CCCC(F)(F)C(F)(F)F)cc1)c1ccccc1. The highest BCUT2D eigenvalue weighted by Gasteiger charge is 2.56. The second kappa shape index (κ2) is 13.7. The van der Waals surface area contributed by atoms with Gasteiger partial charge in [-0.1, -0.05) is 61.5 Å². The molecule has 1 N–H and O–H groups in total. The minimum Gasteiger partial charge on any atom is -0.508 e. The topological polar surface area (TPSA) is 46.5 Å². The van der Waals surface area contributed by atoms with Gasteiger partial charge in [-0.2, -0.15) is 22.0 Å². The largest absolute Gasteiger partial charge is 0.508 e. The Morgan fingerprint density at radius 3 is 1.92 bits per heavy atom. The fourth-order valence-electron chi connectivity index (χ4n) is 4.13. The van der Waals surface area contributed by atoms with Gasteiger partial charge in [0.15, 0.2) is 0 Å². The van der Waals surface area contributed by atoms with E-state index in [0.29, 0.717) is 12.2 Å². The Bertz CT molecular complexity index is 1240. The predicted molar refractivity (Wildman–Crippen MR) is 145 cm³/mol. The van der Waals surface area contributed by atoms with E-state index in [1.54, 1.807) is 12.1 Å². The van der Waals surface area contributed by atoms with E-state index in [1.165, 1.54) is 0 Å². The molecule has 0 fully saturated rings. The fraction of sp³-hybridized carbons (Fsp3) is 0.333. The van der Waals surface area contributed by atoms with Crippen LogP contribution in [0.25, 0.3) is 11.1 Å². The quantitative estimate of drug-likeness (QED) is 0.129. The summed E-state index contributed by atoms with van der Waals surface area (Å²) < 4.78 is 80.3. The second-order valence-electron chi connectivity index (χ2n) is 9.00. The minimum absolute atomic E-state index is 0.153. The number of phenols is 1. The second-order valence-corrected chi connectivity index (χ2v) is 10.7. The molecule has 1 unspecified atom stereocenters. The van der Waals surface area contributed by atoms with Crippen LogP contribution < -0.4 is 4.74 Å². The first-order chi connectivity index (χ1) is 18.5. The van der Waals surface area contributed by atoms with E-state index in [-0.39, 0.29) is 23.9 Å². The molecule has 3 aromatic carbocycles. The van der Waals surface area contributed by atoms with Gasteiger partial charge in [0.25, 0.3) is 0 Å². The lowest BCUT2D eigenvalue weighted by atomic mass is 9.88. The number of allylic oxidation sites excluding steroid dienone is 1. The first-order valence-corrected chi connectivity index (χ1v) is 14.1. The normalized spacial score (nSPS) is 13.6. The Balaban J connectivity index is 1.62. The van der Waals surface area contributed by atoms with E-state index in [0.717, 1.165) is 34.3 Å². The lowest BCUT2D eigenvalue weighted by molar-refractivity contribution is -0.284. The van der Waals surface area contributed by atoms with Gasteiger partial charge in [0, 0.05) is 28.7 Å². The zero-order valence-electron chi connectivity index (χ0n) is 21.5. The number of ether oxygens (including phenoxy) is 1. The third kappa shape index (κ3) is 8.65. The molecule has 0 aliphatic carbocycles. The van der Waals surface area contributed by atoms with E-state index >= 15 is 0 Å². The fourth-order valence-corrected chi connectivity index (χ4v) is 5.24. The number of rotatable bonds is 13. The van der Waals surface area contributed by atoms with Crippen molar-refractivity contribution in [2.75, 3.05) is 18.1 Å². The highest BCUT2D eigenvalue weighted by atomic mass is 32.2. The number of aromatic hydroxyl groups is 1. The van der Waals surface area contributed by atoms with Crippen LogP contribution in [0.15, 0.2) is 78.9 Å². The van der Waals surface area contributed by atoms with Crippen molar-refractivity contribution in [2.45, 2.75) is 44.7 Å². The van der Waals surface area contributed by atoms with Gasteiger partial charge >= 0.3 is 12.1 Å². The summed E-state index contributed by atoms with van der Waals surface area (Å²) in [7, 11) is -1.50. The van der Waals surface area contributed by atoms with Crippen molar-refractivity contribution >= 4 is 21.9 Å². The molecule has 3 rings (SSSR count). The number of hydrogen-bond donors (Lipinski definition) is 1. The van der Waals surface area contributed by atoms with E-state index in [1.807, 2.05) is 54.6 Å². The molecule has 3 aromatic rings. The summed E-state index contributed by atoms with van der Waals surface area (Å²) in [5.74, 6) is -4.05. The van der Waals surface area contributed by atoms with Gasteiger partial charge in [0.1, 0.15) is 11.5 Å². The predicted octanol–water partition coefficient (Wildman–Crippen LogP) is 8.26. The van der Waals surface area contributed by atoms with Gasteiger partial charge in [-0.05, 0) is 71.4 Å². The zero-order chi connectivity index (χ0) is 28.5. The molecule has 3 nitrogen and oxygen atoms in total. The summed E-state index contributed by atoms with van der Waals surface area (Å²) in [5, 5.41) is 9.78. The van der Waals surface area contributed by atoms with Crippen LogP contribution in [-0.4, -0.2) is 39.5 Å². The summed E-state index contributed by atoms with van der Waals surface area (Å²) in [6, 6.07) is 24.6. The van der Waals surface area contributed by atoms with E-state index in [4.69, 9.17) is 4.74 Å². The van der Waals surface area contributed by atoms with Crippen LogP contribution in [0, 0.1) is 0 Å². The van der Waals surface area contributed by atoms with Crippen LogP contribution in [0.2, 0.25) is 0 Å². The minimum atomic E-state index is -5.59. The molecule has 210 valence electrons. The average Bonchev–Trinajstić information content (AvgIpc) is 2.90. The van der Waals surface area contributed by atoms with Crippen LogP contribution >= 0.6 is 0 Å². The summed E-state index contributed by atoms with van der Waals surface area (Å²) in [5.41, 5.74) is 5.19. The van der Waals surface area contributed by atoms with Gasteiger partial charge in [-0.3, -0.25) is 4.21 Å². The van der Waals surface area contributed by atoms with Crippen molar-refractivity contribution in [2.24, 2.45) is 0 Å². The van der Waals surface area contributed by atoms with E-state index < -0.39 is 35.7 Å². The van der Waals surface area contributed by atoms with Gasteiger partial charge in [-0.15, -0.1) is 0 Å². The zero-order valence-corrected chi connectivity index (χ0v) is 22.3. The van der Waals surface area contributed by atoms with Gasteiger partial charge in [-0.25, -0.2) is 0 Å². The van der Waals surface area contributed by atoms with Crippen molar-refractivity contribution in [3.8, 4) is 11.5 Å². The monoisotopic (exact) mass is 566 g/mol. The maximum Gasteiger partial charge on any atom is 0.453 e. The molecular formula is C30H31F5O3S. The average molecular weight is 567 g/mol. The van der Waals surface area contributed by atoms with Crippen LogP contribution in [0.5, 0.6) is 11.5 Å². The molecule has 0 radical (unpaired) electrons. The van der Waals surface area contributed by atoms with Crippen LogP contribution in [0.4, 0.5) is 22.0 Å². The molecule has 0 amide bonds.